The average Bonchev–Trinajstić information content (AvgIpc) is 2.98. The molecule has 3 N–H and O–H groups in total. The van der Waals surface area contributed by atoms with Crippen LogP contribution in [0.25, 0.3) is 0 Å². The van der Waals surface area contributed by atoms with E-state index in [4.69, 9.17) is 5.73 Å². The molecule has 1 unspecified atom stereocenters. The Labute approximate surface area is 140 Å². The molecule has 0 saturated carbocycles. The summed E-state index contributed by atoms with van der Waals surface area (Å²) in [5, 5.41) is 6.40. The molecule has 0 aliphatic carbocycles. The van der Waals surface area contributed by atoms with E-state index in [9.17, 15) is 18.0 Å². The predicted octanol–water partition coefficient (Wildman–Crippen LogP) is 1.83. The second kappa shape index (κ2) is 6.11. The third-order valence-electron chi connectivity index (χ3n) is 3.56. The molecule has 1 aliphatic rings. The first-order chi connectivity index (χ1) is 11.8. The largest absolute Gasteiger partial charge is 0.459 e. The first-order valence-corrected chi connectivity index (χ1v) is 7.20. The van der Waals surface area contributed by atoms with Crippen LogP contribution in [0.4, 0.5) is 18.9 Å². The van der Waals surface area contributed by atoms with Crippen molar-refractivity contribution in [3.05, 3.63) is 47.5 Å². The van der Waals surface area contributed by atoms with Gasteiger partial charge in [-0.1, -0.05) is 0 Å². The topological polar surface area (TPSA) is 94.5 Å². The molecule has 0 bridgehead atoms. The van der Waals surface area contributed by atoms with Gasteiger partial charge in [-0.15, -0.1) is 0 Å². The number of rotatable bonds is 3. The molecule has 2 heterocycles. The fraction of sp³-hybridized carbons (Fsp3) is 0.267. The van der Waals surface area contributed by atoms with E-state index in [1.165, 1.54) is 16.8 Å². The van der Waals surface area contributed by atoms with Gasteiger partial charge in [0.1, 0.15) is 5.82 Å². The first kappa shape index (κ1) is 16.8. The minimum atomic E-state index is -3.44. The molecule has 1 amide bonds. The van der Waals surface area contributed by atoms with Gasteiger partial charge in [-0.25, -0.2) is 18.2 Å². The molecule has 1 aromatic heterocycles. The van der Waals surface area contributed by atoms with Crippen molar-refractivity contribution in [1.82, 2.24) is 9.78 Å². The summed E-state index contributed by atoms with van der Waals surface area (Å²) in [6, 6.07) is 2.52. The van der Waals surface area contributed by atoms with Crippen molar-refractivity contribution in [1.29, 1.82) is 0 Å². The molecule has 1 aromatic carbocycles. The van der Waals surface area contributed by atoms with Crippen molar-refractivity contribution >= 4 is 17.6 Å². The number of aliphatic imine (C=N–C) groups is 1. The number of amides is 1. The van der Waals surface area contributed by atoms with Crippen LogP contribution in [-0.2, 0) is 11.8 Å². The van der Waals surface area contributed by atoms with Crippen molar-refractivity contribution in [2.75, 3.05) is 11.9 Å². The first-order valence-electron chi connectivity index (χ1n) is 7.20. The maximum atomic E-state index is 14.1. The van der Waals surface area contributed by atoms with Crippen LogP contribution in [0.1, 0.15) is 22.1 Å². The number of carbonyl (C=O) groups is 1. The van der Waals surface area contributed by atoms with E-state index >= 15 is 0 Å². The molecule has 10 heteroatoms. The molecule has 2 aromatic rings. The number of halogens is 3. The van der Waals surface area contributed by atoms with E-state index in [0.717, 1.165) is 12.1 Å². The number of hydrogen-bond acceptors (Lipinski definition) is 5. The molecule has 7 nitrogen and oxygen atoms in total. The summed E-state index contributed by atoms with van der Waals surface area (Å²) in [7, 11) is 1.64. The Morgan fingerprint density at radius 3 is 2.88 bits per heavy atom. The standard InChI is InChI=1S/C15H14F3N5O2/c1-23-5-4-11(22-23)13(24)20-8-2-3-10(16)9(6-8)12-15(17,18)7-25-14(19)21-12/h2-6,12H,7H2,1H3,(H2,19,21)(H,20,24). The summed E-state index contributed by atoms with van der Waals surface area (Å²) >= 11 is 0. The van der Waals surface area contributed by atoms with E-state index in [-0.39, 0.29) is 11.4 Å². The van der Waals surface area contributed by atoms with Gasteiger partial charge in [0.2, 0.25) is 0 Å². The summed E-state index contributed by atoms with van der Waals surface area (Å²) in [6.45, 7) is -1.00. The minimum absolute atomic E-state index is 0.128. The Hall–Kier alpha value is -3.04. The Balaban J connectivity index is 1.90. The normalized spacial score (nSPS) is 19.0. The van der Waals surface area contributed by atoms with E-state index in [2.05, 4.69) is 20.1 Å². The molecule has 25 heavy (non-hydrogen) atoms. The van der Waals surface area contributed by atoms with Crippen LogP contribution in [0.15, 0.2) is 35.5 Å². The molecular weight excluding hydrogens is 339 g/mol. The van der Waals surface area contributed by atoms with E-state index in [1.807, 2.05) is 0 Å². The smallest absolute Gasteiger partial charge is 0.307 e. The van der Waals surface area contributed by atoms with Gasteiger partial charge >= 0.3 is 5.92 Å². The number of alkyl halides is 2. The fourth-order valence-corrected chi connectivity index (χ4v) is 2.37. The lowest BCUT2D eigenvalue weighted by molar-refractivity contribution is -0.0788. The van der Waals surface area contributed by atoms with Crippen LogP contribution in [0.5, 0.6) is 0 Å². The van der Waals surface area contributed by atoms with Crippen molar-refractivity contribution < 1.29 is 22.7 Å². The fourth-order valence-electron chi connectivity index (χ4n) is 2.37. The highest BCUT2D eigenvalue weighted by molar-refractivity contribution is 6.02. The second-order valence-electron chi connectivity index (χ2n) is 5.48. The molecule has 0 fully saturated rings. The predicted molar refractivity (Wildman–Crippen MR) is 82.8 cm³/mol. The summed E-state index contributed by atoms with van der Waals surface area (Å²) in [4.78, 5) is 15.6. The Bertz CT molecular complexity index is 849. The van der Waals surface area contributed by atoms with Crippen LogP contribution >= 0.6 is 0 Å². The quantitative estimate of drug-likeness (QED) is 0.880. The van der Waals surface area contributed by atoms with Crippen molar-refractivity contribution in [3.63, 3.8) is 0 Å². The zero-order valence-corrected chi connectivity index (χ0v) is 13.0. The van der Waals surface area contributed by atoms with E-state index in [0.29, 0.717) is 0 Å². The molecule has 0 saturated heterocycles. The maximum Gasteiger partial charge on any atom is 0.307 e. The summed E-state index contributed by atoms with van der Waals surface area (Å²) in [5.74, 6) is -4.88. The van der Waals surface area contributed by atoms with Gasteiger partial charge in [0.25, 0.3) is 11.9 Å². The third-order valence-corrected chi connectivity index (χ3v) is 3.56. The Morgan fingerprint density at radius 1 is 1.44 bits per heavy atom. The lowest BCUT2D eigenvalue weighted by Crippen LogP contribution is -2.40. The van der Waals surface area contributed by atoms with Gasteiger partial charge in [-0.3, -0.25) is 9.48 Å². The van der Waals surface area contributed by atoms with Crippen LogP contribution in [0.2, 0.25) is 0 Å². The number of nitrogens with zero attached hydrogens (tertiary/aromatic N) is 3. The van der Waals surface area contributed by atoms with Gasteiger partial charge in [0.15, 0.2) is 18.3 Å². The molecule has 3 rings (SSSR count). The van der Waals surface area contributed by atoms with Crippen LogP contribution in [0, 0.1) is 5.82 Å². The molecular formula is C15H14F3N5O2. The zero-order chi connectivity index (χ0) is 18.2. The molecule has 0 radical (unpaired) electrons. The SMILES string of the molecule is Cn1ccc(C(=O)Nc2ccc(F)c(C3N=C(N)OCC3(F)F)c2)n1. The molecule has 0 spiro atoms. The van der Waals surface area contributed by atoms with Crippen LogP contribution in [-0.4, -0.2) is 34.2 Å². The Kier molecular flexibility index (Phi) is 4.11. The number of nitrogens with one attached hydrogen (secondary N) is 1. The second-order valence-corrected chi connectivity index (χ2v) is 5.48. The third kappa shape index (κ3) is 3.42. The number of carbonyl (C=O) groups excluding carboxylic acids is 1. The van der Waals surface area contributed by atoms with Gasteiger partial charge in [-0.05, 0) is 24.3 Å². The Morgan fingerprint density at radius 2 is 2.20 bits per heavy atom. The summed E-state index contributed by atoms with van der Waals surface area (Å²) in [6.07, 6.45) is 1.57. The van der Waals surface area contributed by atoms with Crippen LogP contribution < -0.4 is 11.1 Å². The van der Waals surface area contributed by atoms with Crippen LogP contribution in [0.3, 0.4) is 0 Å². The lowest BCUT2D eigenvalue weighted by Gasteiger charge is -2.28. The maximum absolute atomic E-state index is 14.1. The van der Waals surface area contributed by atoms with E-state index < -0.39 is 41.9 Å². The number of amidine groups is 1. The number of aryl methyl sites for hydroxylation is 1. The van der Waals surface area contributed by atoms with Crippen molar-refractivity contribution in [2.45, 2.75) is 12.0 Å². The van der Waals surface area contributed by atoms with Gasteiger partial charge in [-0.2, -0.15) is 5.10 Å². The van der Waals surface area contributed by atoms with Crippen molar-refractivity contribution in [3.8, 4) is 0 Å². The molecule has 132 valence electrons. The number of ether oxygens (including phenoxy) is 1. The highest BCUT2D eigenvalue weighted by atomic mass is 19.3. The highest BCUT2D eigenvalue weighted by Gasteiger charge is 2.46. The van der Waals surface area contributed by atoms with Gasteiger partial charge < -0.3 is 15.8 Å². The zero-order valence-electron chi connectivity index (χ0n) is 13.0. The minimum Gasteiger partial charge on any atom is -0.459 e. The summed E-state index contributed by atoms with van der Waals surface area (Å²) < 4.78 is 48.1. The highest BCUT2D eigenvalue weighted by Crippen LogP contribution is 2.39. The number of nitrogens with two attached hydrogens (primary N) is 1. The monoisotopic (exact) mass is 353 g/mol. The number of hydrogen-bond donors (Lipinski definition) is 2. The van der Waals surface area contributed by atoms with E-state index in [1.54, 1.807) is 13.2 Å². The number of anilines is 1. The molecule has 1 atom stereocenters. The van der Waals surface area contributed by atoms with Gasteiger partial charge in [0.05, 0.1) is 0 Å². The lowest BCUT2D eigenvalue weighted by atomic mass is 9.99. The number of aromatic nitrogens is 2. The van der Waals surface area contributed by atoms with Gasteiger partial charge in [0, 0.05) is 24.5 Å². The van der Waals surface area contributed by atoms with Crippen molar-refractivity contribution in [2.24, 2.45) is 17.8 Å². The number of benzene rings is 1. The summed E-state index contributed by atoms with van der Waals surface area (Å²) in [5.41, 5.74) is 5.19. The average molecular weight is 353 g/mol. The molecule has 1 aliphatic heterocycles.